The second kappa shape index (κ2) is 7.79. The van der Waals surface area contributed by atoms with Crippen molar-refractivity contribution in [3.05, 3.63) is 30.1 Å². The molecule has 1 aromatic rings. The molecule has 4 heteroatoms. The summed E-state index contributed by atoms with van der Waals surface area (Å²) >= 11 is 0. The van der Waals surface area contributed by atoms with Gasteiger partial charge in [-0.15, -0.1) is 0 Å². The number of hydrogen-bond acceptors (Lipinski definition) is 4. The lowest BCUT2D eigenvalue weighted by Gasteiger charge is -2.13. The second-order valence-corrected chi connectivity index (χ2v) is 3.94. The molecule has 0 spiro atoms. The quantitative estimate of drug-likeness (QED) is 0.574. The van der Waals surface area contributed by atoms with E-state index >= 15 is 0 Å². The van der Waals surface area contributed by atoms with Crippen molar-refractivity contribution in [1.82, 2.24) is 10.3 Å². The highest BCUT2D eigenvalue weighted by molar-refractivity contribution is 5.72. The van der Waals surface area contributed by atoms with Gasteiger partial charge in [-0.3, -0.25) is 9.78 Å². The van der Waals surface area contributed by atoms with Gasteiger partial charge in [0, 0.05) is 18.9 Å². The van der Waals surface area contributed by atoms with Crippen molar-refractivity contribution in [3.8, 4) is 0 Å². The maximum atomic E-state index is 11.3. The van der Waals surface area contributed by atoms with Gasteiger partial charge in [-0.25, -0.2) is 0 Å². The Kier molecular flexibility index (Phi) is 6.25. The Hall–Kier alpha value is -1.42. The highest BCUT2D eigenvalue weighted by atomic mass is 16.5. The van der Waals surface area contributed by atoms with Crippen LogP contribution in [-0.4, -0.2) is 31.2 Å². The number of ether oxygens (including phenoxy) is 1. The molecule has 0 aromatic carbocycles. The van der Waals surface area contributed by atoms with E-state index in [0.717, 1.165) is 19.4 Å². The SMILES string of the molecule is CCC(CNCCc1ccncc1)C(=O)OC. The van der Waals surface area contributed by atoms with Crippen molar-refractivity contribution in [2.75, 3.05) is 20.2 Å². The summed E-state index contributed by atoms with van der Waals surface area (Å²) in [4.78, 5) is 15.3. The molecule has 1 aromatic heterocycles. The van der Waals surface area contributed by atoms with Crippen molar-refractivity contribution in [1.29, 1.82) is 0 Å². The Labute approximate surface area is 102 Å². The topological polar surface area (TPSA) is 51.2 Å². The zero-order valence-corrected chi connectivity index (χ0v) is 10.5. The van der Waals surface area contributed by atoms with Gasteiger partial charge in [0.1, 0.15) is 0 Å². The van der Waals surface area contributed by atoms with E-state index in [1.54, 1.807) is 12.4 Å². The van der Waals surface area contributed by atoms with Gasteiger partial charge in [-0.2, -0.15) is 0 Å². The summed E-state index contributed by atoms with van der Waals surface area (Å²) in [5.41, 5.74) is 1.25. The first-order valence-electron chi connectivity index (χ1n) is 5.95. The van der Waals surface area contributed by atoms with Gasteiger partial charge < -0.3 is 10.1 Å². The summed E-state index contributed by atoms with van der Waals surface area (Å²) in [5, 5.41) is 3.28. The number of rotatable bonds is 7. The molecule has 0 bridgehead atoms. The molecule has 1 N–H and O–H groups in total. The maximum absolute atomic E-state index is 11.3. The van der Waals surface area contributed by atoms with E-state index in [1.165, 1.54) is 12.7 Å². The standard InChI is InChI=1S/C13H20N2O2/c1-3-12(13(16)17-2)10-15-9-6-11-4-7-14-8-5-11/h4-5,7-8,12,15H,3,6,9-10H2,1-2H3. The van der Waals surface area contributed by atoms with Crippen LogP contribution in [0.2, 0.25) is 0 Å². The number of nitrogens with zero attached hydrogens (tertiary/aromatic N) is 1. The molecule has 0 aliphatic rings. The van der Waals surface area contributed by atoms with Crippen LogP contribution in [0.5, 0.6) is 0 Å². The second-order valence-electron chi connectivity index (χ2n) is 3.94. The van der Waals surface area contributed by atoms with Crippen molar-refractivity contribution < 1.29 is 9.53 Å². The van der Waals surface area contributed by atoms with Crippen molar-refractivity contribution >= 4 is 5.97 Å². The fourth-order valence-corrected chi connectivity index (χ4v) is 1.62. The van der Waals surface area contributed by atoms with Gasteiger partial charge in [0.15, 0.2) is 0 Å². The maximum Gasteiger partial charge on any atom is 0.309 e. The highest BCUT2D eigenvalue weighted by Crippen LogP contribution is 2.03. The number of aromatic nitrogens is 1. The summed E-state index contributed by atoms with van der Waals surface area (Å²) in [6, 6.07) is 4.00. The van der Waals surface area contributed by atoms with E-state index in [0.29, 0.717) is 6.54 Å². The van der Waals surface area contributed by atoms with Gasteiger partial charge in [-0.05, 0) is 37.1 Å². The number of pyridine rings is 1. The van der Waals surface area contributed by atoms with E-state index < -0.39 is 0 Å². The lowest BCUT2D eigenvalue weighted by molar-refractivity contribution is -0.145. The van der Waals surface area contributed by atoms with Gasteiger partial charge in [0.25, 0.3) is 0 Å². The minimum absolute atomic E-state index is 0.0440. The predicted molar refractivity (Wildman–Crippen MR) is 66.6 cm³/mol. The number of methoxy groups -OCH3 is 1. The molecule has 1 unspecified atom stereocenters. The number of carbonyl (C=O) groups is 1. The van der Waals surface area contributed by atoms with E-state index in [1.807, 2.05) is 19.1 Å². The van der Waals surface area contributed by atoms with Crippen LogP contribution in [0.4, 0.5) is 0 Å². The molecule has 94 valence electrons. The first-order chi connectivity index (χ1) is 8.27. The Balaban J connectivity index is 2.21. The fourth-order valence-electron chi connectivity index (χ4n) is 1.62. The van der Waals surface area contributed by atoms with Crippen LogP contribution in [0, 0.1) is 5.92 Å². The Morgan fingerprint density at radius 1 is 1.47 bits per heavy atom. The summed E-state index contributed by atoms with van der Waals surface area (Å²) in [5.74, 6) is -0.179. The van der Waals surface area contributed by atoms with Crippen molar-refractivity contribution in [2.24, 2.45) is 5.92 Å². The summed E-state index contributed by atoms with van der Waals surface area (Å²) < 4.78 is 4.73. The molecular weight excluding hydrogens is 216 g/mol. The monoisotopic (exact) mass is 236 g/mol. The zero-order valence-electron chi connectivity index (χ0n) is 10.5. The van der Waals surface area contributed by atoms with Crippen LogP contribution in [0.25, 0.3) is 0 Å². The summed E-state index contributed by atoms with van der Waals surface area (Å²) in [6.07, 6.45) is 5.33. The fraction of sp³-hybridized carbons (Fsp3) is 0.538. The molecule has 0 saturated carbocycles. The normalized spacial score (nSPS) is 12.1. The molecule has 0 radical (unpaired) electrons. The first kappa shape index (κ1) is 13.6. The lowest BCUT2D eigenvalue weighted by atomic mass is 10.1. The van der Waals surface area contributed by atoms with Crippen LogP contribution in [0.1, 0.15) is 18.9 Å². The highest BCUT2D eigenvalue weighted by Gasteiger charge is 2.15. The molecule has 1 heterocycles. The average molecular weight is 236 g/mol. The molecule has 0 aliphatic heterocycles. The predicted octanol–water partition coefficient (Wildman–Crippen LogP) is 1.41. The van der Waals surface area contributed by atoms with Crippen LogP contribution in [0.3, 0.4) is 0 Å². The van der Waals surface area contributed by atoms with E-state index in [2.05, 4.69) is 10.3 Å². The number of esters is 1. The molecule has 1 atom stereocenters. The van der Waals surface area contributed by atoms with Crippen LogP contribution in [-0.2, 0) is 16.0 Å². The Morgan fingerprint density at radius 2 is 2.18 bits per heavy atom. The molecule has 0 aliphatic carbocycles. The molecule has 1 rings (SSSR count). The molecule has 0 amide bonds. The first-order valence-corrected chi connectivity index (χ1v) is 5.95. The third-order valence-corrected chi connectivity index (χ3v) is 2.76. The number of carbonyl (C=O) groups excluding carboxylic acids is 1. The largest absolute Gasteiger partial charge is 0.469 e. The molecule has 17 heavy (non-hydrogen) atoms. The van der Waals surface area contributed by atoms with E-state index in [9.17, 15) is 4.79 Å². The molecule has 4 nitrogen and oxygen atoms in total. The van der Waals surface area contributed by atoms with Gasteiger partial charge in [0.2, 0.25) is 0 Å². The van der Waals surface area contributed by atoms with Crippen molar-refractivity contribution in [3.63, 3.8) is 0 Å². The third kappa shape index (κ3) is 4.95. The third-order valence-electron chi connectivity index (χ3n) is 2.76. The average Bonchev–Trinajstić information content (AvgIpc) is 2.39. The Bertz CT molecular complexity index is 327. The van der Waals surface area contributed by atoms with Gasteiger partial charge in [0.05, 0.1) is 13.0 Å². The lowest BCUT2D eigenvalue weighted by Crippen LogP contribution is -2.30. The minimum Gasteiger partial charge on any atom is -0.469 e. The molecule has 0 fully saturated rings. The van der Waals surface area contributed by atoms with Crippen LogP contribution in [0.15, 0.2) is 24.5 Å². The zero-order chi connectivity index (χ0) is 12.5. The van der Waals surface area contributed by atoms with Crippen LogP contribution >= 0.6 is 0 Å². The van der Waals surface area contributed by atoms with Crippen LogP contribution < -0.4 is 5.32 Å². The van der Waals surface area contributed by atoms with E-state index in [4.69, 9.17) is 4.74 Å². The minimum atomic E-state index is -0.135. The van der Waals surface area contributed by atoms with Gasteiger partial charge >= 0.3 is 5.97 Å². The smallest absolute Gasteiger partial charge is 0.309 e. The van der Waals surface area contributed by atoms with Gasteiger partial charge in [-0.1, -0.05) is 6.92 Å². The summed E-state index contributed by atoms with van der Waals surface area (Å²) in [6.45, 7) is 3.53. The molecule has 0 saturated heterocycles. The number of hydrogen-bond donors (Lipinski definition) is 1. The van der Waals surface area contributed by atoms with E-state index in [-0.39, 0.29) is 11.9 Å². The summed E-state index contributed by atoms with van der Waals surface area (Å²) in [7, 11) is 1.43. The molecular formula is C13H20N2O2. The number of nitrogens with one attached hydrogen (secondary N) is 1. The van der Waals surface area contributed by atoms with Crippen molar-refractivity contribution in [2.45, 2.75) is 19.8 Å². The Morgan fingerprint density at radius 3 is 2.76 bits per heavy atom.